The van der Waals surface area contributed by atoms with Gasteiger partial charge in [-0.3, -0.25) is 4.89 Å². The van der Waals surface area contributed by atoms with Crippen molar-refractivity contribution in [3.8, 4) is 0 Å². The van der Waals surface area contributed by atoms with Gasteiger partial charge in [-0.1, -0.05) is 0 Å². The molecule has 1 atom stereocenters. The summed E-state index contributed by atoms with van der Waals surface area (Å²) in [6.45, 7) is -0.922. The van der Waals surface area contributed by atoms with Gasteiger partial charge in [-0.05, 0) is 0 Å². The first-order chi connectivity index (χ1) is 4.70. The molecular formula is C4H8O6. The fourth-order valence-corrected chi connectivity index (χ4v) is 0.243. The summed E-state index contributed by atoms with van der Waals surface area (Å²) < 4.78 is 4.02. The maximum atomic E-state index is 9.94. The van der Waals surface area contributed by atoms with Gasteiger partial charge >= 0.3 is 6.16 Å². The van der Waals surface area contributed by atoms with E-state index in [2.05, 4.69) is 9.62 Å². The van der Waals surface area contributed by atoms with Gasteiger partial charge in [0, 0.05) is 0 Å². The fourth-order valence-electron chi connectivity index (χ4n) is 0.243. The highest BCUT2D eigenvalue weighted by atomic mass is 17.1. The van der Waals surface area contributed by atoms with Crippen molar-refractivity contribution < 1.29 is 29.9 Å². The van der Waals surface area contributed by atoms with E-state index >= 15 is 0 Å². The molecule has 0 radical (unpaired) electrons. The number of ether oxygens (including phenoxy) is 1. The molecule has 0 aliphatic heterocycles. The van der Waals surface area contributed by atoms with Crippen LogP contribution in [0, 0.1) is 0 Å². The SMILES string of the molecule is O=C(OO)OCC(O)CO. The standard InChI is InChI=1S/C4H8O6/c5-1-3(6)2-9-4(7)10-8/h3,5-6,8H,1-2H2. The van der Waals surface area contributed by atoms with E-state index in [1.54, 1.807) is 0 Å². The summed E-state index contributed by atoms with van der Waals surface area (Å²) in [4.78, 5) is 13.0. The van der Waals surface area contributed by atoms with Crippen LogP contribution in [0.5, 0.6) is 0 Å². The first-order valence-electron chi connectivity index (χ1n) is 2.47. The fraction of sp³-hybridized carbons (Fsp3) is 0.750. The third kappa shape index (κ3) is 4.07. The zero-order chi connectivity index (χ0) is 7.98. The minimum absolute atomic E-state index is 0.407. The van der Waals surface area contributed by atoms with Crippen LogP contribution in [0.15, 0.2) is 0 Å². The van der Waals surface area contributed by atoms with Crippen molar-refractivity contribution in [2.45, 2.75) is 6.10 Å². The van der Waals surface area contributed by atoms with Crippen LogP contribution in [0.3, 0.4) is 0 Å². The number of carbonyl (C=O) groups excluding carboxylic acids is 1. The van der Waals surface area contributed by atoms with Gasteiger partial charge in [-0.25, -0.2) is 4.79 Å². The van der Waals surface area contributed by atoms with E-state index in [4.69, 9.17) is 15.5 Å². The maximum absolute atomic E-state index is 9.94. The maximum Gasteiger partial charge on any atom is 0.540 e. The first-order valence-corrected chi connectivity index (χ1v) is 2.47. The smallest absolute Gasteiger partial charge is 0.429 e. The number of carbonyl (C=O) groups is 1. The predicted molar refractivity (Wildman–Crippen MR) is 28.2 cm³/mol. The van der Waals surface area contributed by atoms with E-state index in [0.717, 1.165) is 0 Å². The van der Waals surface area contributed by atoms with Crippen molar-refractivity contribution in [3.05, 3.63) is 0 Å². The Bertz CT molecular complexity index is 102. The van der Waals surface area contributed by atoms with E-state index in [0.29, 0.717) is 0 Å². The summed E-state index contributed by atoms with van der Waals surface area (Å²) in [5.41, 5.74) is 0. The zero-order valence-electron chi connectivity index (χ0n) is 5.06. The number of aliphatic hydroxyl groups excluding tert-OH is 2. The Morgan fingerprint density at radius 2 is 2.20 bits per heavy atom. The molecule has 1 unspecified atom stereocenters. The van der Waals surface area contributed by atoms with E-state index in [9.17, 15) is 4.79 Å². The van der Waals surface area contributed by atoms with E-state index < -0.39 is 25.5 Å². The molecule has 0 rings (SSSR count). The van der Waals surface area contributed by atoms with Crippen LogP contribution in [0.4, 0.5) is 4.79 Å². The van der Waals surface area contributed by atoms with Gasteiger partial charge in [0.1, 0.15) is 12.7 Å². The van der Waals surface area contributed by atoms with Crippen molar-refractivity contribution >= 4 is 6.16 Å². The molecule has 0 aromatic rings. The molecule has 0 spiro atoms. The van der Waals surface area contributed by atoms with Gasteiger partial charge in [-0.2, -0.15) is 5.26 Å². The first kappa shape index (κ1) is 9.15. The Labute approximate surface area is 56.5 Å². The van der Waals surface area contributed by atoms with Crippen LogP contribution in [-0.4, -0.2) is 40.9 Å². The molecule has 6 heteroatoms. The largest absolute Gasteiger partial charge is 0.540 e. The van der Waals surface area contributed by atoms with Gasteiger partial charge in [-0.15, -0.1) is 0 Å². The average Bonchev–Trinajstić information content (AvgIpc) is 1.99. The molecule has 3 N–H and O–H groups in total. The van der Waals surface area contributed by atoms with E-state index in [1.807, 2.05) is 0 Å². The number of hydrogen-bond acceptors (Lipinski definition) is 6. The van der Waals surface area contributed by atoms with Crippen LogP contribution in [0.2, 0.25) is 0 Å². The molecule has 0 fully saturated rings. The molecule has 0 aliphatic carbocycles. The van der Waals surface area contributed by atoms with Crippen LogP contribution in [0.25, 0.3) is 0 Å². The molecule has 0 saturated heterocycles. The normalized spacial score (nSPS) is 12.3. The van der Waals surface area contributed by atoms with Crippen LogP contribution in [-0.2, 0) is 9.62 Å². The summed E-state index contributed by atoms with van der Waals surface area (Å²) in [5, 5.41) is 24.3. The van der Waals surface area contributed by atoms with Gasteiger partial charge in [0.15, 0.2) is 0 Å². The predicted octanol–water partition coefficient (Wildman–Crippen LogP) is -1.03. The monoisotopic (exact) mass is 152 g/mol. The molecule has 60 valence electrons. The second-order valence-corrected chi connectivity index (χ2v) is 1.49. The molecule has 0 saturated carbocycles. The van der Waals surface area contributed by atoms with Gasteiger partial charge in [0.2, 0.25) is 0 Å². The molecule has 6 nitrogen and oxygen atoms in total. The van der Waals surface area contributed by atoms with Gasteiger partial charge in [0.05, 0.1) is 6.61 Å². The lowest BCUT2D eigenvalue weighted by Gasteiger charge is -2.04. The molecule has 0 aliphatic rings. The van der Waals surface area contributed by atoms with Crippen molar-refractivity contribution in [2.75, 3.05) is 13.2 Å². The summed E-state index contributed by atoms with van der Waals surface area (Å²) >= 11 is 0. The topological polar surface area (TPSA) is 96.2 Å². The summed E-state index contributed by atoms with van der Waals surface area (Å²) in [5.74, 6) is 0. The Morgan fingerprint density at radius 1 is 1.60 bits per heavy atom. The van der Waals surface area contributed by atoms with Gasteiger partial charge < -0.3 is 14.9 Å². The lowest BCUT2D eigenvalue weighted by Crippen LogP contribution is -2.21. The van der Waals surface area contributed by atoms with Gasteiger partial charge in [0.25, 0.3) is 0 Å². The lowest BCUT2D eigenvalue weighted by atomic mass is 10.4. The molecule has 10 heavy (non-hydrogen) atoms. The van der Waals surface area contributed by atoms with Crippen LogP contribution < -0.4 is 0 Å². The quantitative estimate of drug-likeness (QED) is 0.271. The molecule has 0 aromatic heterocycles. The lowest BCUT2D eigenvalue weighted by molar-refractivity contribution is -0.203. The van der Waals surface area contributed by atoms with Crippen LogP contribution in [0.1, 0.15) is 0 Å². The number of rotatable bonds is 3. The van der Waals surface area contributed by atoms with Crippen LogP contribution >= 0.6 is 0 Å². The van der Waals surface area contributed by atoms with Crippen molar-refractivity contribution in [1.82, 2.24) is 0 Å². The minimum atomic E-state index is -1.31. The molecule has 0 heterocycles. The number of hydrogen-bond donors (Lipinski definition) is 3. The summed E-state index contributed by atoms with van der Waals surface area (Å²) in [6, 6.07) is 0. The Kier molecular flexibility index (Phi) is 4.55. The number of aliphatic hydroxyl groups is 2. The molecule has 0 aromatic carbocycles. The third-order valence-corrected chi connectivity index (χ3v) is 0.679. The molecular weight excluding hydrogens is 144 g/mol. The Balaban J connectivity index is 3.26. The highest BCUT2D eigenvalue weighted by Gasteiger charge is 2.07. The summed E-state index contributed by atoms with van der Waals surface area (Å²) in [6.07, 6.45) is -2.45. The highest BCUT2D eigenvalue weighted by Crippen LogP contribution is 1.86. The summed E-state index contributed by atoms with van der Waals surface area (Å²) in [7, 11) is 0. The second-order valence-electron chi connectivity index (χ2n) is 1.49. The minimum Gasteiger partial charge on any atom is -0.429 e. The van der Waals surface area contributed by atoms with Crippen molar-refractivity contribution in [2.24, 2.45) is 0 Å². The van der Waals surface area contributed by atoms with Crippen molar-refractivity contribution in [3.63, 3.8) is 0 Å². The molecule has 0 bridgehead atoms. The van der Waals surface area contributed by atoms with Crippen molar-refractivity contribution in [1.29, 1.82) is 0 Å². The van der Waals surface area contributed by atoms with E-state index in [-0.39, 0.29) is 0 Å². The van der Waals surface area contributed by atoms with E-state index in [1.165, 1.54) is 0 Å². The Hall–Kier alpha value is -0.850. The Morgan fingerprint density at radius 3 is 2.60 bits per heavy atom. The third-order valence-electron chi connectivity index (χ3n) is 0.679. The highest BCUT2D eigenvalue weighted by molar-refractivity contribution is 5.58. The zero-order valence-corrected chi connectivity index (χ0v) is 5.06. The average molecular weight is 152 g/mol. The second kappa shape index (κ2) is 4.98. The molecule has 0 amide bonds.